The van der Waals surface area contributed by atoms with Crippen molar-refractivity contribution in [2.45, 2.75) is 32.9 Å². The highest BCUT2D eigenvalue weighted by atomic mass is 32.1. The van der Waals surface area contributed by atoms with Crippen LogP contribution < -0.4 is 5.32 Å². The molecule has 2 rings (SSSR count). The highest BCUT2D eigenvalue weighted by molar-refractivity contribution is 7.09. The summed E-state index contributed by atoms with van der Waals surface area (Å²) in [5.74, 6) is 5.46. The molecule has 1 amide bonds. The number of rotatable bonds is 3. The molecule has 2 N–H and O–H groups in total. The summed E-state index contributed by atoms with van der Waals surface area (Å²) in [6, 6.07) is 6.97. The monoisotopic (exact) mass is 314 g/mol. The van der Waals surface area contributed by atoms with Gasteiger partial charge in [0.15, 0.2) is 0 Å². The zero-order valence-corrected chi connectivity index (χ0v) is 13.6. The Kier molecular flexibility index (Phi) is 4.96. The number of aromatic nitrogens is 1. The molecule has 5 heteroatoms. The van der Waals surface area contributed by atoms with Crippen LogP contribution in [0, 0.1) is 18.8 Å². The standard InChI is InChI=1S/C17H18N2O2S/c1-12-11-22-15(19-12)10-18-16(20)14-6-4-13(5-7-14)8-9-17(2,3)21/h4-7,11,21H,10H2,1-3H3,(H,18,20). The molecule has 114 valence electrons. The molecule has 0 saturated carbocycles. The number of amides is 1. The van der Waals surface area contributed by atoms with Crippen LogP contribution in [0.2, 0.25) is 0 Å². The zero-order valence-electron chi connectivity index (χ0n) is 12.8. The van der Waals surface area contributed by atoms with Gasteiger partial charge in [0.1, 0.15) is 10.6 Å². The molecule has 0 bridgehead atoms. The van der Waals surface area contributed by atoms with Crippen LogP contribution in [-0.4, -0.2) is 21.6 Å². The van der Waals surface area contributed by atoms with Crippen LogP contribution in [0.3, 0.4) is 0 Å². The molecule has 4 nitrogen and oxygen atoms in total. The maximum absolute atomic E-state index is 12.0. The van der Waals surface area contributed by atoms with E-state index >= 15 is 0 Å². The number of nitrogens with one attached hydrogen (secondary N) is 1. The van der Waals surface area contributed by atoms with Crippen LogP contribution in [0.5, 0.6) is 0 Å². The molecule has 0 aliphatic rings. The van der Waals surface area contributed by atoms with Crippen LogP contribution in [0.4, 0.5) is 0 Å². The fourth-order valence-corrected chi connectivity index (χ4v) is 2.38. The maximum Gasteiger partial charge on any atom is 0.251 e. The lowest BCUT2D eigenvalue weighted by Crippen LogP contribution is -2.22. The third-order valence-electron chi connectivity index (χ3n) is 2.73. The number of hydrogen-bond acceptors (Lipinski definition) is 4. The number of aliphatic hydroxyl groups is 1. The van der Waals surface area contributed by atoms with Gasteiger partial charge in [0.05, 0.1) is 6.54 Å². The quantitative estimate of drug-likeness (QED) is 0.856. The molecule has 1 heterocycles. The van der Waals surface area contributed by atoms with Crippen molar-refractivity contribution < 1.29 is 9.90 Å². The van der Waals surface area contributed by atoms with E-state index in [1.807, 2.05) is 12.3 Å². The van der Waals surface area contributed by atoms with Crippen LogP contribution in [0.25, 0.3) is 0 Å². The van der Waals surface area contributed by atoms with E-state index in [0.29, 0.717) is 12.1 Å². The summed E-state index contributed by atoms with van der Waals surface area (Å²) in [7, 11) is 0. The summed E-state index contributed by atoms with van der Waals surface area (Å²) in [4.78, 5) is 16.3. The first-order valence-electron chi connectivity index (χ1n) is 6.88. The van der Waals surface area contributed by atoms with Crippen molar-refractivity contribution in [2.75, 3.05) is 0 Å². The van der Waals surface area contributed by atoms with E-state index in [0.717, 1.165) is 16.3 Å². The Bertz CT molecular complexity index is 716. The third kappa shape index (κ3) is 4.99. The molecule has 1 aromatic carbocycles. The Labute approximate surface area is 134 Å². The molecule has 2 aromatic rings. The first kappa shape index (κ1) is 16.2. The molecule has 22 heavy (non-hydrogen) atoms. The normalized spacial score (nSPS) is 10.7. The van der Waals surface area contributed by atoms with Gasteiger partial charge >= 0.3 is 0 Å². The number of hydrogen-bond donors (Lipinski definition) is 2. The minimum Gasteiger partial charge on any atom is -0.378 e. The van der Waals surface area contributed by atoms with Gasteiger partial charge in [0, 0.05) is 22.2 Å². The Morgan fingerprint density at radius 2 is 2.05 bits per heavy atom. The van der Waals surface area contributed by atoms with E-state index in [1.165, 1.54) is 11.3 Å². The predicted molar refractivity (Wildman–Crippen MR) is 87.6 cm³/mol. The molecular formula is C17H18N2O2S. The Hall–Kier alpha value is -2.16. The second kappa shape index (κ2) is 6.73. The van der Waals surface area contributed by atoms with E-state index < -0.39 is 5.60 Å². The predicted octanol–water partition coefficient (Wildman–Crippen LogP) is 2.50. The lowest BCUT2D eigenvalue weighted by molar-refractivity contribution is 0.0950. The second-order valence-electron chi connectivity index (χ2n) is 5.45. The molecule has 1 aromatic heterocycles. The fourth-order valence-electron chi connectivity index (χ4n) is 1.67. The summed E-state index contributed by atoms with van der Waals surface area (Å²) in [5, 5.41) is 15.2. The highest BCUT2D eigenvalue weighted by Gasteiger charge is 2.07. The molecule has 0 radical (unpaired) electrons. The smallest absolute Gasteiger partial charge is 0.251 e. The third-order valence-corrected chi connectivity index (χ3v) is 3.69. The van der Waals surface area contributed by atoms with Crippen LogP contribution >= 0.6 is 11.3 Å². The fraction of sp³-hybridized carbons (Fsp3) is 0.294. The zero-order chi connectivity index (χ0) is 16.2. The maximum atomic E-state index is 12.0. The summed E-state index contributed by atoms with van der Waals surface area (Å²) in [5.41, 5.74) is 1.27. The van der Waals surface area contributed by atoms with Crippen LogP contribution in [0.1, 0.15) is 40.5 Å². The molecule has 0 fully saturated rings. The topological polar surface area (TPSA) is 62.2 Å². The van der Waals surface area contributed by atoms with Crippen molar-refractivity contribution >= 4 is 17.2 Å². The number of nitrogens with zero attached hydrogens (tertiary/aromatic N) is 1. The van der Waals surface area contributed by atoms with Crippen LogP contribution in [-0.2, 0) is 6.54 Å². The van der Waals surface area contributed by atoms with E-state index in [2.05, 4.69) is 22.1 Å². The number of thiazole rings is 1. The molecule has 0 saturated heterocycles. The van der Waals surface area contributed by atoms with Gasteiger partial charge in [-0.1, -0.05) is 11.8 Å². The molecule has 0 atom stereocenters. The summed E-state index contributed by atoms with van der Waals surface area (Å²) in [6.45, 7) is 5.61. The van der Waals surface area contributed by atoms with E-state index in [-0.39, 0.29) is 5.91 Å². The van der Waals surface area contributed by atoms with Crippen LogP contribution in [0.15, 0.2) is 29.6 Å². The van der Waals surface area contributed by atoms with Crippen molar-refractivity contribution in [3.63, 3.8) is 0 Å². The van der Waals surface area contributed by atoms with Crippen molar-refractivity contribution in [1.29, 1.82) is 0 Å². The first-order valence-corrected chi connectivity index (χ1v) is 7.76. The summed E-state index contributed by atoms with van der Waals surface area (Å²) < 4.78 is 0. The first-order chi connectivity index (χ1) is 10.3. The minimum absolute atomic E-state index is 0.144. The van der Waals surface area contributed by atoms with E-state index in [4.69, 9.17) is 0 Å². The largest absolute Gasteiger partial charge is 0.378 e. The SMILES string of the molecule is Cc1csc(CNC(=O)c2ccc(C#CC(C)(C)O)cc2)n1. The summed E-state index contributed by atoms with van der Waals surface area (Å²) in [6.07, 6.45) is 0. The van der Waals surface area contributed by atoms with Crippen molar-refractivity contribution in [1.82, 2.24) is 10.3 Å². The van der Waals surface area contributed by atoms with Gasteiger partial charge in [-0.3, -0.25) is 4.79 Å². The van der Waals surface area contributed by atoms with Gasteiger partial charge in [-0.15, -0.1) is 11.3 Å². The van der Waals surface area contributed by atoms with E-state index in [1.54, 1.807) is 38.1 Å². The number of carbonyl (C=O) groups excluding carboxylic acids is 1. The van der Waals surface area contributed by atoms with Crippen molar-refractivity contribution in [3.05, 3.63) is 51.5 Å². The average Bonchev–Trinajstić information content (AvgIpc) is 2.88. The molecule has 0 aliphatic carbocycles. The van der Waals surface area contributed by atoms with Gasteiger partial charge in [0.25, 0.3) is 5.91 Å². The van der Waals surface area contributed by atoms with Gasteiger partial charge < -0.3 is 10.4 Å². The molecular weight excluding hydrogens is 296 g/mol. The van der Waals surface area contributed by atoms with Gasteiger partial charge in [-0.25, -0.2) is 4.98 Å². The second-order valence-corrected chi connectivity index (χ2v) is 6.39. The number of carbonyl (C=O) groups is 1. The molecule has 0 aliphatic heterocycles. The Balaban J connectivity index is 1.97. The van der Waals surface area contributed by atoms with Gasteiger partial charge in [0.2, 0.25) is 0 Å². The summed E-state index contributed by atoms with van der Waals surface area (Å²) >= 11 is 1.53. The van der Waals surface area contributed by atoms with Gasteiger partial charge in [-0.05, 0) is 45.0 Å². The Morgan fingerprint density at radius 3 is 2.59 bits per heavy atom. The molecule has 0 unspecified atom stereocenters. The highest BCUT2D eigenvalue weighted by Crippen LogP contribution is 2.09. The lowest BCUT2D eigenvalue weighted by atomic mass is 10.1. The molecule has 0 spiro atoms. The average molecular weight is 314 g/mol. The van der Waals surface area contributed by atoms with Gasteiger partial charge in [-0.2, -0.15) is 0 Å². The lowest BCUT2D eigenvalue weighted by Gasteiger charge is -2.06. The van der Waals surface area contributed by atoms with Crippen molar-refractivity contribution in [3.8, 4) is 11.8 Å². The number of benzene rings is 1. The number of aryl methyl sites for hydroxylation is 1. The van der Waals surface area contributed by atoms with Crippen molar-refractivity contribution in [2.24, 2.45) is 0 Å². The Morgan fingerprint density at radius 1 is 1.36 bits per heavy atom. The van der Waals surface area contributed by atoms with E-state index in [9.17, 15) is 9.90 Å². The minimum atomic E-state index is -1.03.